The highest BCUT2D eigenvalue weighted by atomic mass is 16.5. The monoisotopic (exact) mass is 261 g/mol. The molecule has 1 saturated heterocycles. The van der Waals surface area contributed by atoms with E-state index in [4.69, 9.17) is 4.74 Å². The lowest BCUT2D eigenvalue weighted by molar-refractivity contribution is 0.0440. The van der Waals surface area contributed by atoms with E-state index in [9.17, 15) is 4.79 Å². The summed E-state index contributed by atoms with van der Waals surface area (Å²) in [6.07, 6.45) is 3.61. The maximum absolute atomic E-state index is 11.7. The van der Waals surface area contributed by atoms with Crippen molar-refractivity contribution in [3.05, 3.63) is 29.8 Å². The van der Waals surface area contributed by atoms with Crippen molar-refractivity contribution in [3.8, 4) is 0 Å². The van der Waals surface area contributed by atoms with E-state index in [0.717, 1.165) is 50.2 Å². The molecule has 1 aromatic rings. The molecule has 0 N–H and O–H groups in total. The normalized spacial score (nSPS) is 19.5. The van der Waals surface area contributed by atoms with Crippen LogP contribution < -0.4 is 4.90 Å². The summed E-state index contributed by atoms with van der Waals surface area (Å²) < 4.78 is 5.86. The molecule has 1 fully saturated rings. The van der Waals surface area contributed by atoms with Crippen LogP contribution in [0.25, 0.3) is 0 Å². The number of nitrogens with zero attached hydrogens (tertiary/aromatic N) is 1. The van der Waals surface area contributed by atoms with E-state index in [1.54, 1.807) is 6.92 Å². The second-order valence-electron chi connectivity index (χ2n) is 5.15. The predicted octanol–water partition coefficient (Wildman–Crippen LogP) is 3.28. The smallest absolute Gasteiger partial charge is 0.161 e. The van der Waals surface area contributed by atoms with Crippen molar-refractivity contribution in [1.82, 2.24) is 0 Å². The Balaban J connectivity index is 2.11. The Labute approximate surface area is 115 Å². The minimum atomic E-state index is 0.132. The summed E-state index contributed by atoms with van der Waals surface area (Å²) in [7, 11) is 0. The third-order valence-corrected chi connectivity index (χ3v) is 3.56. The van der Waals surface area contributed by atoms with Crippen molar-refractivity contribution in [2.75, 3.05) is 24.6 Å². The van der Waals surface area contributed by atoms with E-state index in [1.807, 2.05) is 24.3 Å². The van der Waals surface area contributed by atoms with Gasteiger partial charge in [-0.15, -0.1) is 0 Å². The summed E-state index contributed by atoms with van der Waals surface area (Å²) in [4.78, 5) is 14.0. The Kier molecular flexibility index (Phi) is 4.97. The predicted molar refractivity (Wildman–Crippen MR) is 77.9 cm³/mol. The number of hydrogen-bond acceptors (Lipinski definition) is 3. The number of carbonyl (C=O) groups excluding carboxylic acids is 1. The van der Waals surface area contributed by atoms with E-state index in [1.165, 1.54) is 0 Å². The van der Waals surface area contributed by atoms with Crippen molar-refractivity contribution >= 4 is 11.5 Å². The summed E-state index contributed by atoms with van der Waals surface area (Å²) in [5, 5.41) is 0. The van der Waals surface area contributed by atoms with Gasteiger partial charge in [-0.25, -0.2) is 0 Å². The number of Topliss-reactive ketones (excluding diaryl/α,β-unsaturated/α-hetero) is 1. The molecular weight excluding hydrogens is 238 g/mol. The quantitative estimate of drug-likeness (QED) is 0.762. The molecule has 0 aromatic heterocycles. The van der Waals surface area contributed by atoms with Crippen molar-refractivity contribution in [2.24, 2.45) is 0 Å². The second kappa shape index (κ2) is 6.71. The molecule has 1 aromatic carbocycles. The van der Waals surface area contributed by atoms with Gasteiger partial charge < -0.3 is 9.64 Å². The molecule has 1 atom stereocenters. The largest absolute Gasteiger partial charge is 0.376 e. The van der Waals surface area contributed by atoms with Crippen LogP contribution in [0.15, 0.2) is 24.3 Å². The standard InChI is InChI=1S/C16H23NO2/c1-3-11-19-14-7-6-10-17(12-14)16-9-5-4-8-15(16)13(2)18/h4-5,8-9,14H,3,6-7,10-12H2,1-2H3. The van der Waals surface area contributed by atoms with Crippen molar-refractivity contribution in [3.63, 3.8) is 0 Å². The van der Waals surface area contributed by atoms with Crippen LogP contribution in [0.3, 0.4) is 0 Å². The number of piperidine rings is 1. The number of para-hydroxylation sites is 1. The number of hydrogen-bond donors (Lipinski definition) is 0. The molecule has 1 aliphatic rings. The van der Waals surface area contributed by atoms with Gasteiger partial charge in [0.05, 0.1) is 6.10 Å². The van der Waals surface area contributed by atoms with Gasteiger partial charge in [-0.2, -0.15) is 0 Å². The van der Waals surface area contributed by atoms with E-state index in [-0.39, 0.29) is 5.78 Å². The maximum atomic E-state index is 11.7. The first-order valence-corrected chi connectivity index (χ1v) is 7.19. The minimum Gasteiger partial charge on any atom is -0.376 e. The number of benzene rings is 1. The molecule has 19 heavy (non-hydrogen) atoms. The number of ether oxygens (including phenoxy) is 1. The number of anilines is 1. The SMILES string of the molecule is CCCOC1CCCN(c2ccccc2C(C)=O)C1. The molecule has 0 saturated carbocycles. The fourth-order valence-corrected chi connectivity index (χ4v) is 2.62. The Morgan fingerprint density at radius 3 is 2.95 bits per heavy atom. The second-order valence-corrected chi connectivity index (χ2v) is 5.15. The van der Waals surface area contributed by atoms with E-state index in [0.29, 0.717) is 6.10 Å². The maximum Gasteiger partial charge on any atom is 0.161 e. The molecule has 2 rings (SSSR count). The van der Waals surface area contributed by atoms with Crippen LogP contribution in [0.4, 0.5) is 5.69 Å². The summed E-state index contributed by atoms with van der Waals surface area (Å²) in [5.74, 6) is 0.132. The highest BCUT2D eigenvalue weighted by Crippen LogP contribution is 2.25. The molecule has 0 aliphatic carbocycles. The van der Waals surface area contributed by atoms with Gasteiger partial charge in [-0.1, -0.05) is 19.1 Å². The summed E-state index contributed by atoms with van der Waals surface area (Å²) in [5.41, 5.74) is 1.87. The van der Waals surface area contributed by atoms with Crippen LogP contribution in [-0.4, -0.2) is 31.6 Å². The molecule has 0 bridgehead atoms. The number of ketones is 1. The molecular formula is C16H23NO2. The van der Waals surface area contributed by atoms with Gasteiger partial charge >= 0.3 is 0 Å². The van der Waals surface area contributed by atoms with Crippen LogP contribution >= 0.6 is 0 Å². The Bertz CT molecular complexity index is 431. The first kappa shape index (κ1) is 14.1. The van der Waals surface area contributed by atoms with Crippen LogP contribution in [0.2, 0.25) is 0 Å². The molecule has 0 amide bonds. The fraction of sp³-hybridized carbons (Fsp3) is 0.562. The van der Waals surface area contributed by atoms with Crippen molar-refractivity contribution in [2.45, 2.75) is 39.2 Å². The zero-order valence-corrected chi connectivity index (χ0v) is 11.9. The third kappa shape index (κ3) is 3.57. The lowest BCUT2D eigenvalue weighted by Gasteiger charge is -2.35. The summed E-state index contributed by atoms with van der Waals surface area (Å²) in [6.45, 7) is 6.49. The number of carbonyl (C=O) groups is 1. The first-order chi connectivity index (χ1) is 9.22. The van der Waals surface area contributed by atoms with Gasteiger partial charge in [-0.3, -0.25) is 4.79 Å². The first-order valence-electron chi connectivity index (χ1n) is 7.19. The molecule has 3 nitrogen and oxygen atoms in total. The average molecular weight is 261 g/mol. The summed E-state index contributed by atoms with van der Waals surface area (Å²) >= 11 is 0. The van der Waals surface area contributed by atoms with E-state index < -0.39 is 0 Å². The Morgan fingerprint density at radius 1 is 1.42 bits per heavy atom. The van der Waals surface area contributed by atoms with Crippen molar-refractivity contribution in [1.29, 1.82) is 0 Å². The topological polar surface area (TPSA) is 29.5 Å². The van der Waals surface area contributed by atoms with Gasteiger partial charge in [0, 0.05) is 30.9 Å². The van der Waals surface area contributed by atoms with Gasteiger partial charge in [0.2, 0.25) is 0 Å². The molecule has 1 aliphatic heterocycles. The van der Waals surface area contributed by atoms with Gasteiger partial charge in [0.15, 0.2) is 5.78 Å². The molecule has 3 heteroatoms. The van der Waals surface area contributed by atoms with Crippen LogP contribution in [0, 0.1) is 0 Å². The van der Waals surface area contributed by atoms with Gasteiger partial charge in [-0.05, 0) is 38.3 Å². The highest BCUT2D eigenvalue weighted by Gasteiger charge is 2.22. The Hall–Kier alpha value is -1.35. The minimum absolute atomic E-state index is 0.132. The lowest BCUT2D eigenvalue weighted by atomic mass is 10.0. The molecule has 1 unspecified atom stereocenters. The molecule has 1 heterocycles. The molecule has 0 spiro atoms. The van der Waals surface area contributed by atoms with Crippen molar-refractivity contribution < 1.29 is 9.53 Å². The Morgan fingerprint density at radius 2 is 2.21 bits per heavy atom. The van der Waals surface area contributed by atoms with Gasteiger partial charge in [0.25, 0.3) is 0 Å². The molecule has 104 valence electrons. The van der Waals surface area contributed by atoms with Crippen LogP contribution in [0.5, 0.6) is 0 Å². The zero-order valence-electron chi connectivity index (χ0n) is 11.9. The lowest BCUT2D eigenvalue weighted by Crippen LogP contribution is -2.40. The summed E-state index contributed by atoms with van der Waals surface area (Å²) in [6, 6.07) is 7.88. The average Bonchev–Trinajstić information content (AvgIpc) is 2.45. The zero-order chi connectivity index (χ0) is 13.7. The fourth-order valence-electron chi connectivity index (χ4n) is 2.62. The molecule has 0 radical (unpaired) electrons. The van der Waals surface area contributed by atoms with Crippen LogP contribution in [-0.2, 0) is 4.74 Å². The number of rotatable bonds is 5. The van der Waals surface area contributed by atoms with Gasteiger partial charge in [0.1, 0.15) is 0 Å². The third-order valence-electron chi connectivity index (χ3n) is 3.56. The highest BCUT2D eigenvalue weighted by molar-refractivity contribution is 5.99. The van der Waals surface area contributed by atoms with Crippen LogP contribution in [0.1, 0.15) is 43.5 Å². The van der Waals surface area contributed by atoms with E-state index >= 15 is 0 Å². The van der Waals surface area contributed by atoms with E-state index in [2.05, 4.69) is 11.8 Å².